The molecule has 0 aliphatic carbocycles. The second-order valence-electron chi connectivity index (χ2n) is 7.97. The zero-order valence-electron chi connectivity index (χ0n) is 18.1. The molecule has 3 heterocycles. The van der Waals surface area contributed by atoms with Crippen LogP contribution in [-0.4, -0.2) is 64.5 Å². The first-order valence-electron chi connectivity index (χ1n) is 10.4. The van der Waals surface area contributed by atoms with Gasteiger partial charge in [0, 0.05) is 38.4 Å². The highest BCUT2D eigenvalue weighted by Crippen LogP contribution is 2.25. The molecule has 8 nitrogen and oxygen atoms in total. The minimum Gasteiger partial charge on any atom is -0.336 e. The summed E-state index contributed by atoms with van der Waals surface area (Å²) in [5.41, 5.74) is 1.14. The van der Waals surface area contributed by atoms with Gasteiger partial charge in [0.1, 0.15) is 16.5 Å². The maximum atomic E-state index is 14.1. The van der Waals surface area contributed by atoms with Gasteiger partial charge in [0.2, 0.25) is 10.0 Å². The van der Waals surface area contributed by atoms with Crippen molar-refractivity contribution in [1.29, 1.82) is 0 Å². The van der Waals surface area contributed by atoms with Crippen LogP contribution >= 0.6 is 0 Å². The standard InChI is InChI=1S/C22H23F2N5O3S/c1-15(2)21-17(14-26-29(21)20-5-3-4-8-25-20)22(30)27-9-11-28(12-10-27)33(31,32)19-7-6-16(23)13-18(19)24/h3-8,13-15H,9-12H2,1-2H3. The SMILES string of the molecule is CC(C)c1c(C(=O)N2CCN(S(=O)(=O)c3ccc(F)cc3F)CC2)cnn1-c1ccccn1. The number of amides is 1. The lowest BCUT2D eigenvalue weighted by Crippen LogP contribution is -2.50. The lowest BCUT2D eigenvalue weighted by atomic mass is 10.0. The van der Waals surface area contributed by atoms with E-state index in [0.29, 0.717) is 23.1 Å². The summed E-state index contributed by atoms with van der Waals surface area (Å²) >= 11 is 0. The molecule has 3 aromatic rings. The van der Waals surface area contributed by atoms with Crippen LogP contribution in [0.4, 0.5) is 8.78 Å². The molecule has 11 heteroatoms. The maximum Gasteiger partial charge on any atom is 0.257 e. The zero-order valence-corrected chi connectivity index (χ0v) is 19.0. The average molecular weight is 476 g/mol. The van der Waals surface area contributed by atoms with Gasteiger partial charge in [-0.1, -0.05) is 19.9 Å². The Bertz CT molecular complexity index is 1270. The maximum absolute atomic E-state index is 14.1. The number of carbonyl (C=O) groups is 1. The van der Waals surface area contributed by atoms with Crippen LogP contribution in [0.5, 0.6) is 0 Å². The number of aromatic nitrogens is 3. The second kappa shape index (κ2) is 8.99. The molecule has 1 aromatic carbocycles. The van der Waals surface area contributed by atoms with Gasteiger partial charge in [0.15, 0.2) is 5.82 Å². The van der Waals surface area contributed by atoms with Crippen molar-refractivity contribution >= 4 is 15.9 Å². The molecule has 0 bridgehead atoms. The third-order valence-corrected chi connectivity index (χ3v) is 7.42. The van der Waals surface area contributed by atoms with Gasteiger partial charge in [-0.05, 0) is 30.2 Å². The Balaban J connectivity index is 1.53. The smallest absolute Gasteiger partial charge is 0.257 e. The summed E-state index contributed by atoms with van der Waals surface area (Å²) in [6.45, 7) is 4.16. The Morgan fingerprint density at radius 3 is 2.39 bits per heavy atom. The summed E-state index contributed by atoms with van der Waals surface area (Å²) in [7, 11) is -4.15. The van der Waals surface area contributed by atoms with Crippen LogP contribution in [0.3, 0.4) is 0 Å². The van der Waals surface area contributed by atoms with Gasteiger partial charge >= 0.3 is 0 Å². The molecule has 174 valence electrons. The van der Waals surface area contributed by atoms with Crippen LogP contribution in [0.2, 0.25) is 0 Å². The molecule has 0 unspecified atom stereocenters. The number of carbonyl (C=O) groups excluding carboxylic acids is 1. The van der Waals surface area contributed by atoms with Gasteiger partial charge in [-0.25, -0.2) is 26.9 Å². The van der Waals surface area contributed by atoms with E-state index >= 15 is 0 Å². The van der Waals surface area contributed by atoms with E-state index < -0.39 is 26.6 Å². The van der Waals surface area contributed by atoms with Gasteiger partial charge in [-0.3, -0.25) is 4.79 Å². The van der Waals surface area contributed by atoms with Gasteiger partial charge in [0.05, 0.1) is 17.5 Å². The number of halogens is 2. The van der Waals surface area contributed by atoms with Crippen LogP contribution in [0.15, 0.2) is 53.7 Å². The second-order valence-corrected chi connectivity index (χ2v) is 9.88. The Morgan fingerprint density at radius 1 is 1.06 bits per heavy atom. The molecule has 0 N–H and O–H groups in total. The predicted octanol–water partition coefficient (Wildman–Crippen LogP) is 2.82. The van der Waals surface area contributed by atoms with Gasteiger partial charge in [-0.15, -0.1) is 0 Å². The van der Waals surface area contributed by atoms with Gasteiger partial charge < -0.3 is 4.90 Å². The molecular weight excluding hydrogens is 452 g/mol. The number of benzene rings is 1. The molecule has 33 heavy (non-hydrogen) atoms. The lowest BCUT2D eigenvalue weighted by molar-refractivity contribution is 0.0696. The lowest BCUT2D eigenvalue weighted by Gasteiger charge is -2.34. The van der Waals surface area contributed by atoms with E-state index in [1.165, 1.54) is 6.20 Å². The fourth-order valence-corrected chi connectivity index (χ4v) is 5.33. The van der Waals surface area contributed by atoms with Crippen LogP contribution in [0.1, 0.15) is 35.8 Å². The topological polar surface area (TPSA) is 88.4 Å². The summed E-state index contributed by atoms with van der Waals surface area (Å²) in [5.74, 6) is -1.67. The number of sulfonamides is 1. The summed E-state index contributed by atoms with van der Waals surface area (Å²) in [6, 6.07) is 7.78. The molecule has 0 atom stereocenters. The van der Waals surface area contributed by atoms with E-state index in [-0.39, 0.29) is 38.0 Å². The number of hydrogen-bond donors (Lipinski definition) is 0. The molecule has 1 amide bonds. The summed E-state index contributed by atoms with van der Waals surface area (Å²) in [4.78, 5) is 18.5. The van der Waals surface area contributed by atoms with Crippen molar-refractivity contribution < 1.29 is 22.0 Å². The Hall–Kier alpha value is -3.18. The van der Waals surface area contributed by atoms with Crippen molar-refractivity contribution in [3.05, 3.63) is 71.7 Å². The van der Waals surface area contributed by atoms with Gasteiger partial charge in [0.25, 0.3) is 5.91 Å². The fourth-order valence-electron chi connectivity index (χ4n) is 3.87. The Labute approximate surface area is 190 Å². The molecule has 2 aromatic heterocycles. The number of nitrogens with zero attached hydrogens (tertiary/aromatic N) is 5. The largest absolute Gasteiger partial charge is 0.336 e. The van der Waals surface area contributed by atoms with Crippen molar-refractivity contribution in [1.82, 2.24) is 24.0 Å². The van der Waals surface area contributed by atoms with Crippen molar-refractivity contribution in [3.8, 4) is 5.82 Å². The van der Waals surface area contributed by atoms with Crippen LogP contribution < -0.4 is 0 Å². The van der Waals surface area contributed by atoms with E-state index in [0.717, 1.165) is 16.4 Å². The van der Waals surface area contributed by atoms with E-state index in [1.54, 1.807) is 27.9 Å². The summed E-state index contributed by atoms with van der Waals surface area (Å²) in [6.07, 6.45) is 3.15. The predicted molar refractivity (Wildman–Crippen MR) is 116 cm³/mol. The Morgan fingerprint density at radius 2 is 1.79 bits per heavy atom. The third-order valence-electron chi connectivity index (χ3n) is 5.49. The van der Waals surface area contributed by atoms with E-state index in [1.807, 2.05) is 19.9 Å². The molecule has 0 radical (unpaired) electrons. The van der Waals surface area contributed by atoms with Crippen LogP contribution in [0.25, 0.3) is 5.82 Å². The quantitative estimate of drug-likeness (QED) is 0.566. The van der Waals surface area contributed by atoms with Crippen molar-refractivity contribution in [2.45, 2.75) is 24.7 Å². The number of hydrogen-bond acceptors (Lipinski definition) is 5. The molecular formula is C22H23F2N5O3S. The van der Waals surface area contributed by atoms with Crippen LogP contribution in [-0.2, 0) is 10.0 Å². The van der Waals surface area contributed by atoms with Crippen LogP contribution in [0, 0.1) is 11.6 Å². The number of piperazine rings is 1. The van der Waals surface area contributed by atoms with E-state index in [4.69, 9.17) is 0 Å². The third kappa shape index (κ3) is 4.38. The van der Waals surface area contributed by atoms with E-state index in [2.05, 4.69) is 10.1 Å². The molecule has 1 aliphatic rings. The van der Waals surface area contributed by atoms with Crippen molar-refractivity contribution in [3.63, 3.8) is 0 Å². The Kier molecular flexibility index (Phi) is 6.26. The minimum atomic E-state index is -4.15. The molecule has 1 saturated heterocycles. The first kappa shape index (κ1) is 23.0. The van der Waals surface area contributed by atoms with Gasteiger partial charge in [-0.2, -0.15) is 9.40 Å². The molecule has 1 fully saturated rings. The molecule has 0 saturated carbocycles. The minimum absolute atomic E-state index is 0.00369. The first-order valence-corrected chi connectivity index (χ1v) is 11.9. The average Bonchev–Trinajstić information content (AvgIpc) is 3.24. The first-order chi connectivity index (χ1) is 15.7. The zero-order chi connectivity index (χ0) is 23.8. The van der Waals surface area contributed by atoms with Crippen molar-refractivity contribution in [2.75, 3.05) is 26.2 Å². The summed E-state index contributed by atoms with van der Waals surface area (Å²) < 4.78 is 55.6. The molecule has 1 aliphatic heterocycles. The molecule has 4 rings (SSSR count). The highest BCUT2D eigenvalue weighted by atomic mass is 32.2. The fraction of sp³-hybridized carbons (Fsp3) is 0.318. The highest BCUT2D eigenvalue weighted by Gasteiger charge is 2.33. The van der Waals surface area contributed by atoms with E-state index in [9.17, 15) is 22.0 Å². The van der Waals surface area contributed by atoms with Crippen molar-refractivity contribution in [2.24, 2.45) is 0 Å². The highest BCUT2D eigenvalue weighted by molar-refractivity contribution is 7.89. The monoisotopic (exact) mass is 475 g/mol. The number of rotatable bonds is 5. The number of pyridine rings is 1. The summed E-state index contributed by atoms with van der Waals surface area (Å²) in [5, 5.41) is 4.36. The molecule has 0 spiro atoms. The normalized spacial score (nSPS) is 15.2.